The van der Waals surface area contributed by atoms with E-state index in [1.165, 1.54) is 0 Å². The fraction of sp³-hybridized carbons (Fsp3) is 0.400. The van der Waals surface area contributed by atoms with Crippen molar-refractivity contribution in [1.29, 1.82) is 0 Å². The Morgan fingerprint density at radius 2 is 2.11 bits per heavy atom. The molecule has 0 atom stereocenters. The molecular weight excluding hydrogens is 240 g/mol. The maximum absolute atomic E-state index is 11.4. The molecule has 1 amide bonds. The summed E-state index contributed by atoms with van der Waals surface area (Å²) >= 11 is 0. The smallest absolute Gasteiger partial charge is 0.221 e. The van der Waals surface area contributed by atoms with Crippen molar-refractivity contribution in [1.82, 2.24) is 10.6 Å². The number of amides is 1. The lowest BCUT2D eigenvalue weighted by molar-refractivity contribution is -0.121. The number of carbonyl (C=O) groups excluding carboxylic acids is 1. The Kier molecular flexibility index (Phi) is 4.58. The van der Waals surface area contributed by atoms with E-state index in [1.807, 2.05) is 44.2 Å². The highest BCUT2D eigenvalue weighted by Crippen LogP contribution is 2.18. The molecule has 0 fully saturated rings. The minimum Gasteiger partial charge on any atom is -0.460 e. The SMILES string of the molecule is CC(C)NC(=O)CCNCc1cc2ccccc2o1. The summed E-state index contributed by atoms with van der Waals surface area (Å²) in [7, 11) is 0. The monoisotopic (exact) mass is 260 g/mol. The highest BCUT2D eigenvalue weighted by molar-refractivity contribution is 5.77. The second-order valence-electron chi connectivity index (χ2n) is 4.90. The van der Waals surface area contributed by atoms with Gasteiger partial charge in [0.1, 0.15) is 11.3 Å². The Morgan fingerprint density at radius 1 is 1.32 bits per heavy atom. The van der Waals surface area contributed by atoms with Crippen LogP contribution in [0.4, 0.5) is 0 Å². The Balaban J connectivity index is 1.75. The van der Waals surface area contributed by atoms with Crippen molar-refractivity contribution in [2.24, 2.45) is 0 Å². The van der Waals surface area contributed by atoms with Gasteiger partial charge in [-0.2, -0.15) is 0 Å². The van der Waals surface area contributed by atoms with Crippen LogP contribution >= 0.6 is 0 Å². The molecule has 0 unspecified atom stereocenters. The van der Waals surface area contributed by atoms with Gasteiger partial charge in [0.2, 0.25) is 5.91 Å². The summed E-state index contributed by atoms with van der Waals surface area (Å²) in [6, 6.07) is 10.1. The van der Waals surface area contributed by atoms with Crippen LogP contribution < -0.4 is 10.6 Å². The summed E-state index contributed by atoms with van der Waals surface area (Å²) in [5, 5.41) is 7.18. The first-order chi connectivity index (χ1) is 9.15. The van der Waals surface area contributed by atoms with E-state index in [0.717, 1.165) is 16.7 Å². The van der Waals surface area contributed by atoms with Gasteiger partial charge in [-0.15, -0.1) is 0 Å². The lowest BCUT2D eigenvalue weighted by atomic mass is 10.2. The Labute approximate surface area is 113 Å². The van der Waals surface area contributed by atoms with Crippen LogP contribution in [0.3, 0.4) is 0 Å². The lowest BCUT2D eigenvalue weighted by Gasteiger charge is -2.08. The van der Waals surface area contributed by atoms with Gasteiger partial charge in [0.05, 0.1) is 6.54 Å². The van der Waals surface area contributed by atoms with E-state index in [4.69, 9.17) is 4.42 Å². The maximum Gasteiger partial charge on any atom is 0.221 e. The number of hydrogen-bond acceptors (Lipinski definition) is 3. The molecule has 2 N–H and O–H groups in total. The van der Waals surface area contributed by atoms with Crippen molar-refractivity contribution in [3.63, 3.8) is 0 Å². The maximum atomic E-state index is 11.4. The molecule has 2 rings (SSSR count). The van der Waals surface area contributed by atoms with Crippen LogP contribution in [-0.4, -0.2) is 18.5 Å². The van der Waals surface area contributed by atoms with E-state index in [0.29, 0.717) is 19.5 Å². The second-order valence-corrected chi connectivity index (χ2v) is 4.90. The van der Waals surface area contributed by atoms with Gasteiger partial charge < -0.3 is 15.1 Å². The molecule has 0 aliphatic carbocycles. The average molecular weight is 260 g/mol. The number of hydrogen-bond donors (Lipinski definition) is 2. The van der Waals surface area contributed by atoms with Crippen LogP contribution in [0.2, 0.25) is 0 Å². The van der Waals surface area contributed by atoms with Crippen molar-refractivity contribution < 1.29 is 9.21 Å². The van der Waals surface area contributed by atoms with Gasteiger partial charge in [-0.25, -0.2) is 0 Å². The predicted molar refractivity (Wildman–Crippen MR) is 75.8 cm³/mol. The molecule has 0 aliphatic rings. The minimum atomic E-state index is 0.0760. The number of fused-ring (bicyclic) bond motifs is 1. The molecule has 102 valence electrons. The largest absolute Gasteiger partial charge is 0.460 e. The van der Waals surface area contributed by atoms with Crippen LogP contribution in [-0.2, 0) is 11.3 Å². The van der Waals surface area contributed by atoms with Crippen LogP contribution in [0.1, 0.15) is 26.0 Å². The van der Waals surface area contributed by atoms with Crippen LogP contribution in [0.15, 0.2) is 34.7 Å². The van der Waals surface area contributed by atoms with Gasteiger partial charge in [-0.3, -0.25) is 4.79 Å². The van der Waals surface area contributed by atoms with Gasteiger partial charge in [-0.05, 0) is 26.0 Å². The molecule has 1 aromatic carbocycles. The third-order valence-electron chi connectivity index (χ3n) is 2.75. The lowest BCUT2D eigenvalue weighted by Crippen LogP contribution is -2.32. The van der Waals surface area contributed by atoms with Crippen molar-refractivity contribution in [2.45, 2.75) is 32.9 Å². The molecule has 0 bridgehead atoms. The molecule has 4 nitrogen and oxygen atoms in total. The number of furan rings is 1. The number of nitrogens with one attached hydrogen (secondary N) is 2. The molecule has 0 spiro atoms. The van der Waals surface area contributed by atoms with Gasteiger partial charge >= 0.3 is 0 Å². The van der Waals surface area contributed by atoms with E-state index >= 15 is 0 Å². The fourth-order valence-corrected chi connectivity index (χ4v) is 1.93. The second kappa shape index (κ2) is 6.38. The molecule has 19 heavy (non-hydrogen) atoms. The van der Waals surface area contributed by atoms with Gasteiger partial charge in [0.15, 0.2) is 0 Å². The summed E-state index contributed by atoms with van der Waals surface area (Å²) in [5.74, 6) is 0.970. The number of para-hydroxylation sites is 1. The Bertz CT molecular complexity index is 513. The molecule has 0 aliphatic heterocycles. The number of benzene rings is 1. The molecule has 0 radical (unpaired) electrons. The van der Waals surface area contributed by atoms with Crippen molar-refractivity contribution in [3.05, 3.63) is 36.1 Å². The summed E-state index contributed by atoms with van der Waals surface area (Å²) in [5.41, 5.74) is 0.900. The standard InChI is InChI=1S/C15H20N2O2/c1-11(2)17-15(18)7-8-16-10-13-9-12-5-3-4-6-14(12)19-13/h3-6,9,11,16H,7-8,10H2,1-2H3,(H,17,18). The molecule has 2 aromatic rings. The zero-order chi connectivity index (χ0) is 13.7. The van der Waals surface area contributed by atoms with E-state index in [2.05, 4.69) is 10.6 Å². The third kappa shape index (κ3) is 4.10. The van der Waals surface area contributed by atoms with E-state index < -0.39 is 0 Å². The summed E-state index contributed by atoms with van der Waals surface area (Å²) in [4.78, 5) is 11.4. The fourth-order valence-electron chi connectivity index (χ4n) is 1.93. The number of rotatable bonds is 6. The van der Waals surface area contributed by atoms with Crippen LogP contribution in [0, 0.1) is 0 Å². The van der Waals surface area contributed by atoms with Gasteiger partial charge in [0.25, 0.3) is 0 Å². The quantitative estimate of drug-likeness (QED) is 0.784. The zero-order valence-electron chi connectivity index (χ0n) is 11.4. The van der Waals surface area contributed by atoms with Crippen LogP contribution in [0.25, 0.3) is 11.0 Å². The van der Waals surface area contributed by atoms with Crippen molar-refractivity contribution >= 4 is 16.9 Å². The first kappa shape index (κ1) is 13.6. The Morgan fingerprint density at radius 3 is 2.84 bits per heavy atom. The molecule has 1 heterocycles. The minimum absolute atomic E-state index is 0.0760. The summed E-state index contributed by atoms with van der Waals surface area (Å²) in [6.45, 7) is 5.21. The highest BCUT2D eigenvalue weighted by Gasteiger charge is 2.04. The molecule has 1 aromatic heterocycles. The first-order valence-corrected chi connectivity index (χ1v) is 6.62. The van der Waals surface area contributed by atoms with Crippen molar-refractivity contribution in [3.8, 4) is 0 Å². The summed E-state index contributed by atoms with van der Waals surface area (Å²) in [6.07, 6.45) is 0.485. The molecule has 0 saturated carbocycles. The molecule has 4 heteroatoms. The molecule has 0 saturated heterocycles. The normalized spacial score (nSPS) is 11.1. The third-order valence-corrected chi connectivity index (χ3v) is 2.75. The van der Waals surface area contributed by atoms with E-state index in [-0.39, 0.29) is 11.9 Å². The van der Waals surface area contributed by atoms with Crippen LogP contribution in [0.5, 0.6) is 0 Å². The average Bonchev–Trinajstić information content (AvgIpc) is 2.76. The summed E-state index contributed by atoms with van der Waals surface area (Å²) < 4.78 is 5.68. The van der Waals surface area contributed by atoms with Gasteiger partial charge in [0, 0.05) is 24.4 Å². The topological polar surface area (TPSA) is 54.3 Å². The van der Waals surface area contributed by atoms with Gasteiger partial charge in [-0.1, -0.05) is 18.2 Å². The molecular formula is C15H20N2O2. The van der Waals surface area contributed by atoms with Crippen molar-refractivity contribution in [2.75, 3.05) is 6.54 Å². The van der Waals surface area contributed by atoms with E-state index in [9.17, 15) is 4.79 Å². The predicted octanol–water partition coefficient (Wildman–Crippen LogP) is 2.44. The Hall–Kier alpha value is -1.81. The first-order valence-electron chi connectivity index (χ1n) is 6.62. The highest BCUT2D eigenvalue weighted by atomic mass is 16.3. The number of carbonyl (C=O) groups is 1. The van der Waals surface area contributed by atoms with E-state index in [1.54, 1.807) is 0 Å². The zero-order valence-corrected chi connectivity index (χ0v) is 11.4.